The molecule has 8 nitrogen and oxygen atoms in total. The van der Waals surface area contributed by atoms with E-state index in [1.54, 1.807) is 23.6 Å². The molecular weight excluding hydrogens is 394 g/mol. The average Bonchev–Trinajstić information content (AvgIpc) is 3.22. The van der Waals surface area contributed by atoms with Gasteiger partial charge in [0, 0.05) is 25.1 Å². The number of carbonyl (C=O) groups excluding carboxylic acids is 1. The molecule has 0 fully saturated rings. The maximum atomic E-state index is 13.2. The predicted octanol–water partition coefficient (Wildman–Crippen LogP) is 2.73. The number of hydrogen-bond donors (Lipinski definition) is 1. The first kappa shape index (κ1) is 19.3. The van der Waals surface area contributed by atoms with Gasteiger partial charge in [0.25, 0.3) is 11.5 Å². The van der Waals surface area contributed by atoms with Crippen molar-refractivity contribution in [3.8, 4) is 5.75 Å². The van der Waals surface area contributed by atoms with Crippen LogP contribution >= 0.6 is 0 Å². The molecule has 1 aliphatic rings. The smallest absolute Gasteiger partial charge is 0.294 e. The number of H-pyrrole nitrogens is 1. The van der Waals surface area contributed by atoms with Crippen molar-refractivity contribution in [2.24, 2.45) is 0 Å². The van der Waals surface area contributed by atoms with E-state index in [1.807, 2.05) is 23.1 Å². The number of carbonyl (C=O) groups is 1. The fourth-order valence-electron chi connectivity index (χ4n) is 4.26. The molecule has 0 saturated heterocycles. The van der Waals surface area contributed by atoms with Gasteiger partial charge in [0.05, 0.1) is 18.1 Å². The molecule has 0 spiro atoms. The van der Waals surface area contributed by atoms with Gasteiger partial charge in [-0.15, -0.1) is 10.2 Å². The Balaban J connectivity index is 1.51. The second kappa shape index (κ2) is 7.54. The van der Waals surface area contributed by atoms with Crippen LogP contribution in [0.2, 0.25) is 0 Å². The summed E-state index contributed by atoms with van der Waals surface area (Å²) >= 11 is 0. The molecule has 0 aliphatic carbocycles. The zero-order valence-corrected chi connectivity index (χ0v) is 17.5. The molecule has 5 rings (SSSR count). The van der Waals surface area contributed by atoms with Crippen LogP contribution in [0.1, 0.15) is 40.7 Å². The van der Waals surface area contributed by atoms with Crippen LogP contribution in [0.5, 0.6) is 5.75 Å². The fourth-order valence-corrected chi connectivity index (χ4v) is 4.26. The molecule has 8 heteroatoms. The molecule has 0 unspecified atom stereocenters. The van der Waals surface area contributed by atoms with E-state index in [1.165, 1.54) is 5.56 Å². The Labute approximate surface area is 178 Å². The van der Waals surface area contributed by atoms with Gasteiger partial charge >= 0.3 is 0 Å². The van der Waals surface area contributed by atoms with Crippen LogP contribution < -0.4 is 10.3 Å². The van der Waals surface area contributed by atoms with E-state index in [2.05, 4.69) is 28.2 Å². The minimum Gasteiger partial charge on any atom is -0.497 e. The second-order valence-corrected chi connectivity index (χ2v) is 7.82. The molecule has 1 N–H and O–H groups in total. The van der Waals surface area contributed by atoms with Gasteiger partial charge in [0.15, 0.2) is 0 Å². The molecule has 158 valence electrons. The van der Waals surface area contributed by atoms with Gasteiger partial charge in [-0.3, -0.25) is 14.0 Å². The molecule has 2 aromatic carbocycles. The van der Waals surface area contributed by atoms with Crippen molar-refractivity contribution < 1.29 is 9.53 Å². The third-order valence-corrected chi connectivity index (χ3v) is 5.85. The maximum Gasteiger partial charge on any atom is 0.294 e. The van der Waals surface area contributed by atoms with E-state index in [-0.39, 0.29) is 17.1 Å². The number of nitrogens with zero attached hydrogens (tertiary/aromatic N) is 4. The lowest BCUT2D eigenvalue weighted by molar-refractivity contribution is 0.0734. The number of aromatic amines is 1. The van der Waals surface area contributed by atoms with E-state index in [9.17, 15) is 9.59 Å². The van der Waals surface area contributed by atoms with Gasteiger partial charge < -0.3 is 14.6 Å². The van der Waals surface area contributed by atoms with Gasteiger partial charge in [-0.05, 0) is 54.3 Å². The van der Waals surface area contributed by atoms with Crippen LogP contribution in [-0.4, -0.2) is 44.0 Å². The van der Waals surface area contributed by atoms with Crippen LogP contribution in [0, 0.1) is 0 Å². The van der Waals surface area contributed by atoms with Crippen LogP contribution in [0.3, 0.4) is 0 Å². The lowest BCUT2D eigenvalue weighted by Crippen LogP contribution is -2.36. The topological polar surface area (TPSA) is 92.6 Å². The molecule has 0 saturated carbocycles. The highest BCUT2D eigenvalue weighted by Crippen LogP contribution is 2.25. The lowest BCUT2D eigenvalue weighted by Gasteiger charge is -2.29. The maximum absolute atomic E-state index is 13.2. The molecule has 3 heterocycles. The van der Waals surface area contributed by atoms with Crippen molar-refractivity contribution in [1.29, 1.82) is 0 Å². The standard InChI is InChI=1S/C23H23N5O3/c1-3-4-20-25-26-21-22(29)24-18-12-15(6-8-19(18)28(20)21)23(30)27-10-9-14-5-7-17(31-2)11-16(14)13-27/h5-8,11-12H,3-4,9-10,13H2,1-2H3,(H,24,29). The Hall–Kier alpha value is -3.68. The molecule has 1 amide bonds. The number of methoxy groups -OCH3 is 1. The Morgan fingerprint density at radius 1 is 1.16 bits per heavy atom. The molecule has 0 bridgehead atoms. The number of nitrogens with one attached hydrogen (secondary N) is 1. The van der Waals surface area contributed by atoms with Gasteiger partial charge in [-0.2, -0.15) is 0 Å². The number of ether oxygens (including phenoxy) is 1. The molecule has 0 radical (unpaired) electrons. The number of hydrogen-bond acceptors (Lipinski definition) is 5. The fraction of sp³-hybridized carbons (Fsp3) is 0.304. The first-order valence-corrected chi connectivity index (χ1v) is 10.4. The van der Waals surface area contributed by atoms with E-state index in [4.69, 9.17) is 4.74 Å². The van der Waals surface area contributed by atoms with Crippen LogP contribution in [0.4, 0.5) is 0 Å². The third-order valence-electron chi connectivity index (χ3n) is 5.85. The number of benzene rings is 2. The Kier molecular flexibility index (Phi) is 4.69. The van der Waals surface area contributed by atoms with Gasteiger partial charge in [-0.1, -0.05) is 13.0 Å². The number of fused-ring (bicyclic) bond motifs is 4. The first-order valence-electron chi connectivity index (χ1n) is 10.4. The minimum atomic E-state index is -0.314. The van der Waals surface area contributed by atoms with E-state index in [0.29, 0.717) is 24.2 Å². The number of amides is 1. The second-order valence-electron chi connectivity index (χ2n) is 7.82. The molecule has 1 aliphatic heterocycles. The summed E-state index contributed by atoms with van der Waals surface area (Å²) in [5.74, 6) is 1.47. The van der Waals surface area contributed by atoms with E-state index in [0.717, 1.165) is 41.9 Å². The average molecular weight is 417 g/mol. The van der Waals surface area contributed by atoms with Crippen LogP contribution in [-0.2, 0) is 19.4 Å². The third kappa shape index (κ3) is 3.24. The zero-order valence-electron chi connectivity index (χ0n) is 17.5. The molecule has 4 aromatic rings. The molecule has 31 heavy (non-hydrogen) atoms. The van der Waals surface area contributed by atoms with Gasteiger partial charge in [-0.25, -0.2) is 0 Å². The van der Waals surface area contributed by atoms with Crippen LogP contribution in [0.15, 0.2) is 41.2 Å². The molecule has 0 atom stereocenters. The zero-order chi connectivity index (χ0) is 21.5. The normalized spacial score (nSPS) is 13.5. The summed E-state index contributed by atoms with van der Waals surface area (Å²) in [4.78, 5) is 30.4. The lowest BCUT2D eigenvalue weighted by atomic mass is 9.98. The summed E-state index contributed by atoms with van der Waals surface area (Å²) in [5.41, 5.74) is 4.23. The quantitative estimate of drug-likeness (QED) is 0.551. The summed E-state index contributed by atoms with van der Waals surface area (Å²) < 4.78 is 7.11. The van der Waals surface area contributed by atoms with E-state index >= 15 is 0 Å². The van der Waals surface area contributed by atoms with Crippen molar-refractivity contribution in [1.82, 2.24) is 24.5 Å². The summed E-state index contributed by atoms with van der Waals surface area (Å²) in [5, 5.41) is 8.21. The SMILES string of the molecule is CCCc1nnc2c(=O)[nH]c3cc(C(=O)N4CCc5ccc(OC)cc5C4)ccc3n12. The largest absolute Gasteiger partial charge is 0.497 e. The van der Waals surface area contributed by atoms with Crippen molar-refractivity contribution >= 4 is 22.6 Å². The highest BCUT2D eigenvalue weighted by molar-refractivity contribution is 5.97. The minimum absolute atomic E-state index is 0.0612. The van der Waals surface area contributed by atoms with Gasteiger partial charge in [0.2, 0.25) is 5.65 Å². The van der Waals surface area contributed by atoms with Crippen molar-refractivity contribution in [2.75, 3.05) is 13.7 Å². The summed E-state index contributed by atoms with van der Waals surface area (Å²) in [6.45, 7) is 3.24. The summed E-state index contributed by atoms with van der Waals surface area (Å²) in [6.07, 6.45) is 2.42. The highest BCUT2D eigenvalue weighted by atomic mass is 16.5. The van der Waals surface area contributed by atoms with E-state index < -0.39 is 0 Å². The highest BCUT2D eigenvalue weighted by Gasteiger charge is 2.23. The van der Waals surface area contributed by atoms with Crippen molar-refractivity contribution in [3.05, 3.63) is 69.3 Å². The first-order chi connectivity index (χ1) is 15.1. The predicted molar refractivity (Wildman–Crippen MR) is 117 cm³/mol. The van der Waals surface area contributed by atoms with Crippen molar-refractivity contribution in [2.45, 2.75) is 32.7 Å². The van der Waals surface area contributed by atoms with Gasteiger partial charge in [0.1, 0.15) is 11.6 Å². The Bertz CT molecular complexity index is 1370. The molecular formula is C23H23N5O3. The Morgan fingerprint density at radius 3 is 2.84 bits per heavy atom. The number of rotatable bonds is 4. The van der Waals surface area contributed by atoms with Crippen LogP contribution in [0.25, 0.3) is 16.7 Å². The summed E-state index contributed by atoms with van der Waals surface area (Å²) in [6, 6.07) is 11.4. The van der Waals surface area contributed by atoms with Crippen molar-refractivity contribution in [3.63, 3.8) is 0 Å². The number of aryl methyl sites for hydroxylation is 1. The summed E-state index contributed by atoms with van der Waals surface area (Å²) in [7, 11) is 1.64. The monoisotopic (exact) mass is 417 g/mol. The molecule has 2 aromatic heterocycles. The Morgan fingerprint density at radius 2 is 2.03 bits per heavy atom. The number of aromatic nitrogens is 4.